The Balaban J connectivity index is 3.16. The zero-order chi connectivity index (χ0) is 6.85. The summed E-state index contributed by atoms with van der Waals surface area (Å²) in [4.78, 5) is 10.6. The van der Waals surface area contributed by atoms with Crippen molar-refractivity contribution in [3.63, 3.8) is 0 Å². The average Bonchev–Trinajstić information content (AvgIpc) is 2.10. The van der Waals surface area contributed by atoms with Gasteiger partial charge in [0.05, 0.1) is 6.20 Å². The molecule has 1 rings (SSSR count). The van der Waals surface area contributed by atoms with Crippen LogP contribution in [0, 0.1) is 0 Å². The average molecular weight is 145 g/mol. The molecule has 0 aromatic carbocycles. The molecule has 0 saturated carbocycles. The fourth-order valence-electron chi connectivity index (χ4n) is 0.581. The van der Waals surface area contributed by atoms with E-state index in [2.05, 4.69) is 0 Å². The largest absolute Gasteiger partial charge is 0.498 e. The van der Waals surface area contributed by atoms with E-state index in [0.717, 1.165) is 11.3 Å². The molecule has 3 nitrogen and oxygen atoms in total. The Morgan fingerprint density at radius 1 is 1.89 bits per heavy atom. The van der Waals surface area contributed by atoms with Crippen LogP contribution in [-0.4, -0.2) is 9.67 Å². The van der Waals surface area contributed by atoms with E-state index in [0.29, 0.717) is 6.54 Å². The van der Waals surface area contributed by atoms with Gasteiger partial charge in [0, 0.05) is 6.54 Å². The number of nitrogens with zero attached hydrogens (tertiary/aromatic N) is 1. The molecule has 0 bridgehead atoms. The first-order valence-corrected chi connectivity index (χ1v) is 3.45. The summed E-state index contributed by atoms with van der Waals surface area (Å²) in [5, 5.41) is 8.85. The second-order valence-corrected chi connectivity index (χ2v) is 2.59. The van der Waals surface area contributed by atoms with Gasteiger partial charge in [0.2, 0.25) is 0 Å². The quantitative estimate of drug-likeness (QED) is 0.630. The maximum absolute atomic E-state index is 10.7. The van der Waals surface area contributed by atoms with Crippen LogP contribution in [0.5, 0.6) is 5.06 Å². The van der Waals surface area contributed by atoms with Crippen molar-refractivity contribution in [2.45, 2.75) is 13.5 Å². The predicted octanol–water partition coefficient (Wildman–Crippen LogP) is 0.635. The van der Waals surface area contributed by atoms with Crippen LogP contribution in [0.3, 0.4) is 0 Å². The number of thiazole rings is 1. The molecule has 1 heterocycles. The summed E-state index contributed by atoms with van der Waals surface area (Å²) in [5.74, 6) is 0. The molecule has 0 unspecified atom stereocenters. The third-order valence-electron chi connectivity index (χ3n) is 1.03. The molecule has 1 aromatic heterocycles. The first-order chi connectivity index (χ1) is 4.24. The highest BCUT2D eigenvalue weighted by molar-refractivity contribution is 7.11. The maximum atomic E-state index is 10.7. The standard InChI is InChI=1S/C5H7NO2S/c1-2-6-3-4(7)9-5(6)8/h3,7H,2H2,1H3. The molecule has 1 N–H and O–H groups in total. The van der Waals surface area contributed by atoms with Gasteiger partial charge in [-0.15, -0.1) is 0 Å². The Hall–Kier alpha value is -0.770. The van der Waals surface area contributed by atoms with Crippen molar-refractivity contribution in [3.8, 4) is 5.06 Å². The van der Waals surface area contributed by atoms with E-state index < -0.39 is 0 Å². The maximum Gasteiger partial charge on any atom is 0.310 e. The number of aromatic hydroxyl groups is 1. The summed E-state index contributed by atoms with van der Waals surface area (Å²) in [6, 6.07) is 0. The zero-order valence-electron chi connectivity index (χ0n) is 5.00. The monoisotopic (exact) mass is 145 g/mol. The van der Waals surface area contributed by atoms with Gasteiger partial charge in [-0.3, -0.25) is 4.79 Å². The van der Waals surface area contributed by atoms with E-state index in [1.165, 1.54) is 10.8 Å². The van der Waals surface area contributed by atoms with Gasteiger partial charge in [0.25, 0.3) is 0 Å². The van der Waals surface area contributed by atoms with Crippen molar-refractivity contribution in [3.05, 3.63) is 15.9 Å². The lowest BCUT2D eigenvalue weighted by atomic mass is 10.7. The lowest BCUT2D eigenvalue weighted by Crippen LogP contribution is -2.08. The first-order valence-electron chi connectivity index (χ1n) is 2.63. The molecule has 0 saturated heterocycles. The van der Waals surface area contributed by atoms with Gasteiger partial charge >= 0.3 is 4.87 Å². The number of hydrogen-bond acceptors (Lipinski definition) is 3. The molecular weight excluding hydrogens is 138 g/mol. The molecule has 4 heteroatoms. The summed E-state index contributed by atoms with van der Waals surface area (Å²) in [5.41, 5.74) is 0. The Bertz CT molecular complexity index is 250. The van der Waals surface area contributed by atoms with Crippen molar-refractivity contribution in [2.24, 2.45) is 0 Å². The molecule has 50 valence electrons. The van der Waals surface area contributed by atoms with Crippen LogP contribution in [0.15, 0.2) is 11.0 Å². The van der Waals surface area contributed by atoms with Crippen LogP contribution in [-0.2, 0) is 6.54 Å². The molecule has 1 aromatic rings. The van der Waals surface area contributed by atoms with E-state index in [4.69, 9.17) is 5.11 Å². The highest BCUT2D eigenvalue weighted by Crippen LogP contribution is 2.09. The third kappa shape index (κ3) is 1.13. The molecule has 0 aliphatic heterocycles. The van der Waals surface area contributed by atoms with E-state index in [9.17, 15) is 4.79 Å². The summed E-state index contributed by atoms with van der Waals surface area (Å²) in [6.07, 6.45) is 1.44. The lowest BCUT2D eigenvalue weighted by molar-refractivity contribution is 0.485. The van der Waals surface area contributed by atoms with Gasteiger partial charge < -0.3 is 9.67 Å². The molecular formula is C5H7NO2S. The van der Waals surface area contributed by atoms with E-state index >= 15 is 0 Å². The normalized spacial score (nSPS) is 9.89. The second-order valence-electron chi connectivity index (χ2n) is 1.62. The fraction of sp³-hybridized carbons (Fsp3) is 0.400. The van der Waals surface area contributed by atoms with Crippen molar-refractivity contribution >= 4 is 11.3 Å². The van der Waals surface area contributed by atoms with Gasteiger partial charge in [-0.2, -0.15) is 0 Å². The van der Waals surface area contributed by atoms with Gasteiger partial charge in [0.15, 0.2) is 5.06 Å². The molecule has 0 atom stereocenters. The molecule has 0 fully saturated rings. The smallest absolute Gasteiger partial charge is 0.310 e. The summed E-state index contributed by atoms with van der Waals surface area (Å²) >= 11 is 0.857. The molecule has 0 aliphatic carbocycles. The van der Waals surface area contributed by atoms with Gasteiger partial charge in [0.1, 0.15) is 0 Å². The van der Waals surface area contributed by atoms with Crippen LogP contribution < -0.4 is 4.87 Å². The van der Waals surface area contributed by atoms with E-state index in [1.807, 2.05) is 6.92 Å². The third-order valence-corrected chi connectivity index (χ3v) is 1.76. The molecule has 9 heavy (non-hydrogen) atoms. The molecule has 0 radical (unpaired) electrons. The highest BCUT2D eigenvalue weighted by Gasteiger charge is 1.97. The molecule has 0 amide bonds. The van der Waals surface area contributed by atoms with Crippen molar-refractivity contribution < 1.29 is 5.11 Å². The minimum Gasteiger partial charge on any atom is -0.498 e. The van der Waals surface area contributed by atoms with Crippen LogP contribution >= 0.6 is 11.3 Å². The van der Waals surface area contributed by atoms with Gasteiger partial charge in [-0.05, 0) is 18.3 Å². The van der Waals surface area contributed by atoms with E-state index in [-0.39, 0.29) is 9.94 Å². The summed E-state index contributed by atoms with van der Waals surface area (Å²) in [7, 11) is 0. The van der Waals surface area contributed by atoms with Crippen LogP contribution in [0.2, 0.25) is 0 Å². The first kappa shape index (κ1) is 6.35. The van der Waals surface area contributed by atoms with Crippen LogP contribution in [0.25, 0.3) is 0 Å². The fourth-order valence-corrected chi connectivity index (χ4v) is 1.24. The van der Waals surface area contributed by atoms with Gasteiger partial charge in [-0.25, -0.2) is 0 Å². The van der Waals surface area contributed by atoms with Crippen LogP contribution in [0.4, 0.5) is 0 Å². The second kappa shape index (κ2) is 2.23. The van der Waals surface area contributed by atoms with Crippen LogP contribution in [0.1, 0.15) is 6.92 Å². The zero-order valence-corrected chi connectivity index (χ0v) is 5.81. The Morgan fingerprint density at radius 3 is 2.78 bits per heavy atom. The number of aryl methyl sites for hydroxylation is 1. The highest BCUT2D eigenvalue weighted by atomic mass is 32.1. The number of aromatic nitrogens is 1. The van der Waals surface area contributed by atoms with Crippen molar-refractivity contribution in [2.75, 3.05) is 0 Å². The Labute approximate surface area is 56.2 Å². The number of rotatable bonds is 1. The SMILES string of the molecule is CCn1cc(O)sc1=O. The Morgan fingerprint density at radius 2 is 2.56 bits per heavy atom. The molecule has 0 spiro atoms. The minimum absolute atomic E-state index is 0.0850. The Kier molecular flexibility index (Phi) is 1.57. The lowest BCUT2D eigenvalue weighted by Gasteiger charge is -1.87. The molecule has 0 aliphatic rings. The summed E-state index contributed by atoms with van der Waals surface area (Å²) in [6.45, 7) is 2.48. The van der Waals surface area contributed by atoms with E-state index in [1.54, 1.807) is 0 Å². The van der Waals surface area contributed by atoms with Gasteiger partial charge in [-0.1, -0.05) is 0 Å². The topological polar surface area (TPSA) is 42.2 Å². The van der Waals surface area contributed by atoms with Crippen molar-refractivity contribution in [1.29, 1.82) is 0 Å². The predicted molar refractivity (Wildman–Crippen MR) is 35.9 cm³/mol. The van der Waals surface area contributed by atoms with Crippen molar-refractivity contribution in [1.82, 2.24) is 4.57 Å². The minimum atomic E-state index is -0.102. The number of hydrogen-bond donors (Lipinski definition) is 1. The summed E-state index contributed by atoms with van der Waals surface area (Å²) < 4.78 is 1.46.